The molecule has 0 aliphatic carbocycles. The summed E-state index contributed by atoms with van der Waals surface area (Å²) in [5.74, 6) is 0.145. The van der Waals surface area contributed by atoms with Crippen LogP contribution in [0.3, 0.4) is 0 Å². The standard InChI is InChI=1S/C18H23N3O4S/c1-4-21(5-2)26(23,24)16-8-6-7-15(11-16)18(22)20-13-14-9-10-17(25-3)19-12-14/h6-12H,4-5,13H2,1-3H3,(H,20,22). The molecule has 0 spiro atoms. The summed E-state index contributed by atoms with van der Waals surface area (Å²) in [4.78, 5) is 16.5. The number of pyridine rings is 1. The van der Waals surface area contributed by atoms with Crippen molar-refractivity contribution in [2.75, 3.05) is 20.2 Å². The molecule has 1 heterocycles. The van der Waals surface area contributed by atoms with E-state index in [2.05, 4.69) is 10.3 Å². The van der Waals surface area contributed by atoms with Gasteiger partial charge in [-0.25, -0.2) is 13.4 Å². The van der Waals surface area contributed by atoms with Crippen molar-refractivity contribution in [3.05, 3.63) is 53.7 Å². The van der Waals surface area contributed by atoms with Crippen LogP contribution in [-0.2, 0) is 16.6 Å². The summed E-state index contributed by atoms with van der Waals surface area (Å²) in [5.41, 5.74) is 1.10. The summed E-state index contributed by atoms with van der Waals surface area (Å²) in [6.45, 7) is 4.59. The van der Waals surface area contributed by atoms with Crippen molar-refractivity contribution in [3.63, 3.8) is 0 Å². The van der Waals surface area contributed by atoms with Gasteiger partial charge in [-0.15, -0.1) is 0 Å². The van der Waals surface area contributed by atoms with E-state index in [9.17, 15) is 13.2 Å². The average molecular weight is 377 g/mol. The van der Waals surface area contributed by atoms with E-state index in [1.54, 1.807) is 44.3 Å². The van der Waals surface area contributed by atoms with Gasteiger partial charge in [0, 0.05) is 37.5 Å². The predicted molar refractivity (Wildman–Crippen MR) is 98.5 cm³/mol. The molecule has 0 bridgehead atoms. The highest BCUT2D eigenvalue weighted by atomic mass is 32.2. The number of nitrogens with zero attached hydrogens (tertiary/aromatic N) is 2. The number of hydrogen-bond acceptors (Lipinski definition) is 5. The Balaban J connectivity index is 2.12. The first-order valence-electron chi connectivity index (χ1n) is 8.29. The van der Waals surface area contributed by atoms with E-state index in [1.165, 1.54) is 23.5 Å². The fourth-order valence-electron chi connectivity index (χ4n) is 2.43. The average Bonchev–Trinajstić information content (AvgIpc) is 2.67. The van der Waals surface area contributed by atoms with Crippen molar-refractivity contribution in [3.8, 4) is 5.88 Å². The van der Waals surface area contributed by atoms with E-state index >= 15 is 0 Å². The topological polar surface area (TPSA) is 88.6 Å². The zero-order valence-electron chi connectivity index (χ0n) is 15.1. The fraction of sp³-hybridized carbons (Fsp3) is 0.333. The maximum absolute atomic E-state index is 12.6. The van der Waals surface area contributed by atoms with Crippen LogP contribution in [0.5, 0.6) is 5.88 Å². The minimum atomic E-state index is -3.60. The van der Waals surface area contributed by atoms with Crippen LogP contribution in [0, 0.1) is 0 Å². The maximum Gasteiger partial charge on any atom is 0.251 e. The first-order chi connectivity index (χ1) is 12.4. The van der Waals surface area contributed by atoms with Crippen molar-refractivity contribution in [1.82, 2.24) is 14.6 Å². The van der Waals surface area contributed by atoms with Crippen LogP contribution in [0.15, 0.2) is 47.5 Å². The second-order valence-corrected chi connectivity index (χ2v) is 7.45. The van der Waals surface area contributed by atoms with Crippen molar-refractivity contribution >= 4 is 15.9 Å². The number of nitrogens with one attached hydrogen (secondary N) is 1. The van der Waals surface area contributed by atoms with Crippen molar-refractivity contribution < 1.29 is 17.9 Å². The SMILES string of the molecule is CCN(CC)S(=O)(=O)c1cccc(C(=O)NCc2ccc(OC)nc2)c1. The molecule has 0 aliphatic rings. The van der Waals surface area contributed by atoms with Crippen LogP contribution in [0.2, 0.25) is 0 Å². The number of ether oxygens (including phenoxy) is 1. The Bertz CT molecular complexity index is 847. The molecule has 1 aromatic carbocycles. The van der Waals surface area contributed by atoms with Crippen molar-refractivity contribution in [2.24, 2.45) is 0 Å². The summed E-state index contributed by atoms with van der Waals surface area (Å²) < 4.78 is 31.5. The number of rotatable bonds is 8. The summed E-state index contributed by atoms with van der Waals surface area (Å²) in [6, 6.07) is 9.56. The Kier molecular flexibility index (Phi) is 6.70. The highest BCUT2D eigenvalue weighted by Gasteiger charge is 2.22. The maximum atomic E-state index is 12.6. The zero-order valence-corrected chi connectivity index (χ0v) is 15.9. The third kappa shape index (κ3) is 4.59. The molecule has 1 amide bonds. The van der Waals surface area contributed by atoms with Gasteiger partial charge < -0.3 is 10.1 Å². The highest BCUT2D eigenvalue weighted by molar-refractivity contribution is 7.89. The normalized spacial score (nSPS) is 11.4. The van der Waals surface area contributed by atoms with Crippen LogP contribution in [-0.4, -0.2) is 43.8 Å². The summed E-state index contributed by atoms with van der Waals surface area (Å²) >= 11 is 0. The molecule has 0 fully saturated rings. The fourth-order valence-corrected chi connectivity index (χ4v) is 3.94. The Labute approximate surface area is 154 Å². The lowest BCUT2D eigenvalue weighted by Gasteiger charge is -2.18. The van der Waals surface area contributed by atoms with Crippen molar-refractivity contribution in [2.45, 2.75) is 25.3 Å². The number of methoxy groups -OCH3 is 1. The van der Waals surface area contributed by atoms with E-state index in [0.29, 0.717) is 24.5 Å². The van der Waals surface area contributed by atoms with E-state index in [-0.39, 0.29) is 17.3 Å². The third-order valence-electron chi connectivity index (χ3n) is 3.90. The second kappa shape index (κ2) is 8.77. The summed E-state index contributed by atoms with van der Waals surface area (Å²) in [5, 5.41) is 2.76. The van der Waals surface area contributed by atoms with E-state index in [4.69, 9.17) is 4.74 Å². The Hall–Kier alpha value is -2.45. The number of carbonyl (C=O) groups excluding carboxylic acids is 1. The quantitative estimate of drug-likeness (QED) is 0.761. The van der Waals surface area contributed by atoms with Crippen LogP contribution in [0.25, 0.3) is 0 Å². The molecule has 8 heteroatoms. The number of benzene rings is 1. The molecule has 0 saturated heterocycles. The molecule has 1 N–H and O–H groups in total. The number of amides is 1. The lowest BCUT2D eigenvalue weighted by Crippen LogP contribution is -2.31. The Morgan fingerprint density at radius 1 is 1.19 bits per heavy atom. The van der Waals surface area contributed by atoms with Crippen LogP contribution < -0.4 is 10.1 Å². The minimum Gasteiger partial charge on any atom is -0.481 e. The van der Waals surface area contributed by atoms with Gasteiger partial charge in [-0.05, 0) is 23.8 Å². The van der Waals surface area contributed by atoms with Gasteiger partial charge >= 0.3 is 0 Å². The Morgan fingerprint density at radius 3 is 2.50 bits per heavy atom. The second-order valence-electron chi connectivity index (χ2n) is 5.51. The lowest BCUT2D eigenvalue weighted by molar-refractivity contribution is 0.0950. The Morgan fingerprint density at radius 2 is 1.92 bits per heavy atom. The number of carbonyl (C=O) groups is 1. The molecule has 0 aliphatic heterocycles. The van der Waals surface area contributed by atoms with E-state index in [0.717, 1.165) is 5.56 Å². The molecule has 26 heavy (non-hydrogen) atoms. The molecule has 0 unspecified atom stereocenters. The van der Waals surface area contributed by atoms with Gasteiger partial charge in [0.1, 0.15) is 0 Å². The number of sulfonamides is 1. The van der Waals surface area contributed by atoms with Crippen LogP contribution in [0.4, 0.5) is 0 Å². The predicted octanol–water partition coefficient (Wildman–Crippen LogP) is 2.05. The summed E-state index contributed by atoms with van der Waals surface area (Å²) in [6.07, 6.45) is 1.61. The zero-order chi connectivity index (χ0) is 19.2. The van der Waals surface area contributed by atoms with Gasteiger partial charge in [-0.2, -0.15) is 4.31 Å². The van der Waals surface area contributed by atoms with Gasteiger partial charge in [0.25, 0.3) is 5.91 Å². The largest absolute Gasteiger partial charge is 0.481 e. The van der Waals surface area contributed by atoms with Crippen molar-refractivity contribution in [1.29, 1.82) is 0 Å². The summed E-state index contributed by atoms with van der Waals surface area (Å²) in [7, 11) is -2.07. The molecular formula is C18H23N3O4S. The molecule has 0 saturated carbocycles. The smallest absolute Gasteiger partial charge is 0.251 e. The monoisotopic (exact) mass is 377 g/mol. The first-order valence-corrected chi connectivity index (χ1v) is 9.73. The van der Waals surface area contributed by atoms with E-state index < -0.39 is 10.0 Å². The lowest BCUT2D eigenvalue weighted by atomic mass is 10.2. The van der Waals surface area contributed by atoms with Gasteiger partial charge in [-0.3, -0.25) is 4.79 Å². The van der Waals surface area contributed by atoms with Gasteiger partial charge in [0.2, 0.25) is 15.9 Å². The van der Waals surface area contributed by atoms with Gasteiger partial charge in [0.05, 0.1) is 12.0 Å². The van der Waals surface area contributed by atoms with Gasteiger partial charge in [0.15, 0.2) is 0 Å². The van der Waals surface area contributed by atoms with Crippen LogP contribution >= 0.6 is 0 Å². The van der Waals surface area contributed by atoms with E-state index in [1.807, 2.05) is 0 Å². The molecule has 7 nitrogen and oxygen atoms in total. The molecule has 1 aromatic heterocycles. The number of aromatic nitrogens is 1. The highest BCUT2D eigenvalue weighted by Crippen LogP contribution is 2.17. The molecule has 0 radical (unpaired) electrons. The molecule has 2 rings (SSSR count). The van der Waals surface area contributed by atoms with Crippen LogP contribution in [0.1, 0.15) is 29.8 Å². The minimum absolute atomic E-state index is 0.111. The molecular weight excluding hydrogens is 354 g/mol. The van der Waals surface area contributed by atoms with Gasteiger partial charge in [-0.1, -0.05) is 26.0 Å². The molecule has 2 aromatic rings. The first kappa shape index (κ1) is 19.9. The molecule has 140 valence electrons. The number of hydrogen-bond donors (Lipinski definition) is 1. The molecule has 0 atom stereocenters. The third-order valence-corrected chi connectivity index (χ3v) is 5.95.